The highest BCUT2D eigenvalue weighted by atomic mass is 127. The van der Waals surface area contributed by atoms with Crippen molar-refractivity contribution in [3.8, 4) is 0 Å². The minimum Gasteiger partial charge on any atom is -0.469 e. The lowest BCUT2D eigenvalue weighted by Crippen LogP contribution is -2.47. The number of piperidine rings is 1. The van der Waals surface area contributed by atoms with E-state index in [0.29, 0.717) is 13.1 Å². The molecule has 1 heterocycles. The van der Waals surface area contributed by atoms with Crippen LogP contribution >= 0.6 is 24.0 Å². The third-order valence-corrected chi connectivity index (χ3v) is 3.71. The first kappa shape index (κ1) is 24.7. The molecule has 0 bridgehead atoms. The number of carbonyl (C=O) groups excluding carboxylic acids is 2. The molecule has 0 aromatic carbocycles. The summed E-state index contributed by atoms with van der Waals surface area (Å²) in [5.41, 5.74) is -0.508. The van der Waals surface area contributed by atoms with Gasteiger partial charge < -0.3 is 25.0 Å². The third-order valence-electron chi connectivity index (χ3n) is 3.71. The summed E-state index contributed by atoms with van der Waals surface area (Å²) in [7, 11) is 1.43. The van der Waals surface area contributed by atoms with Gasteiger partial charge in [0, 0.05) is 26.2 Å². The highest BCUT2D eigenvalue weighted by Gasteiger charge is 2.26. The Labute approximate surface area is 173 Å². The summed E-state index contributed by atoms with van der Waals surface area (Å²) in [6, 6.07) is 0. The largest absolute Gasteiger partial charge is 0.469 e. The van der Waals surface area contributed by atoms with Gasteiger partial charge in [-0.15, -0.1) is 24.0 Å². The van der Waals surface area contributed by atoms with Crippen LogP contribution in [0.25, 0.3) is 0 Å². The Kier molecular flexibility index (Phi) is 11.6. The van der Waals surface area contributed by atoms with E-state index in [1.807, 2.05) is 27.7 Å². The third kappa shape index (κ3) is 9.44. The molecule has 0 spiro atoms. The van der Waals surface area contributed by atoms with E-state index in [-0.39, 0.29) is 35.9 Å². The molecule has 0 atom stereocenters. The number of alkyl carbamates (subject to hydrolysis) is 1. The van der Waals surface area contributed by atoms with Gasteiger partial charge in [-0.1, -0.05) is 0 Å². The first-order valence-electron chi connectivity index (χ1n) is 8.84. The van der Waals surface area contributed by atoms with Crippen LogP contribution in [0.2, 0.25) is 0 Å². The molecule has 1 aliphatic rings. The Bertz CT molecular complexity index is 472. The molecule has 0 aliphatic carbocycles. The van der Waals surface area contributed by atoms with E-state index < -0.39 is 11.7 Å². The quantitative estimate of drug-likeness (QED) is 0.204. The van der Waals surface area contributed by atoms with Crippen LogP contribution in [-0.4, -0.2) is 68.4 Å². The number of hydrogen-bond donors (Lipinski definition) is 2. The number of rotatable bonds is 5. The van der Waals surface area contributed by atoms with Gasteiger partial charge in [0.15, 0.2) is 5.96 Å². The van der Waals surface area contributed by atoms with Gasteiger partial charge in [0.25, 0.3) is 0 Å². The lowest BCUT2D eigenvalue weighted by atomic mass is 9.97. The van der Waals surface area contributed by atoms with Crippen LogP contribution in [0.5, 0.6) is 0 Å². The predicted molar refractivity (Wildman–Crippen MR) is 112 cm³/mol. The highest BCUT2D eigenvalue weighted by molar-refractivity contribution is 14.0. The van der Waals surface area contributed by atoms with E-state index >= 15 is 0 Å². The Morgan fingerprint density at radius 2 is 1.81 bits per heavy atom. The number of halogens is 1. The second-order valence-electron chi connectivity index (χ2n) is 6.95. The first-order chi connectivity index (χ1) is 11.8. The Morgan fingerprint density at radius 1 is 1.19 bits per heavy atom. The Morgan fingerprint density at radius 3 is 2.31 bits per heavy atom. The maximum absolute atomic E-state index is 11.6. The normalized spacial score (nSPS) is 15.7. The molecule has 0 aromatic heterocycles. The van der Waals surface area contributed by atoms with Crippen LogP contribution in [0.15, 0.2) is 4.99 Å². The van der Waals surface area contributed by atoms with Crippen LogP contribution in [0, 0.1) is 5.92 Å². The molecule has 1 fully saturated rings. The van der Waals surface area contributed by atoms with Crippen LogP contribution in [0.4, 0.5) is 4.79 Å². The van der Waals surface area contributed by atoms with E-state index in [2.05, 4.69) is 20.5 Å². The van der Waals surface area contributed by atoms with E-state index in [1.165, 1.54) is 7.11 Å². The maximum atomic E-state index is 11.6. The van der Waals surface area contributed by atoms with Gasteiger partial charge in [-0.25, -0.2) is 4.79 Å². The number of hydrogen-bond acceptors (Lipinski definition) is 5. The number of ether oxygens (including phenoxy) is 2. The summed E-state index contributed by atoms with van der Waals surface area (Å²) in [4.78, 5) is 29.9. The standard InChI is InChI=1S/C17H32N4O4.HI/c1-6-18-15(19-9-10-20-16(23)25-17(2,3)4)21-11-7-13(8-12-21)14(22)24-5;/h13H,6-12H2,1-5H3,(H,18,19)(H,20,23);1H. The molecular weight excluding hydrogens is 451 g/mol. The molecule has 152 valence electrons. The zero-order chi connectivity index (χ0) is 18.9. The Hall–Kier alpha value is -1.26. The maximum Gasteiger partial charge on any atom is 0.407 e. The average Bonchev–Trinajstić information content (AvgIpc) is 2.55. The molecular formula is C17H33IN4O4. The molecule has 0 aromatic rings. The summed E-state index contributed by atoms with van der Waals surface area (Å²) < 4.78 is 10.00. The van der Waals surface area contributed by atoms with Crippen molar-refractivity contribution in [2.45, 2.75) is 46.1 Å². The van der Waals surface area contributed by atoms with Crippen molar-refractivity contribution in [3.05, 3.63) is 0 Å². The number of guanidine groups is 1. The minimum atomic E-state index is -0.508. The van der Waals surface area contributed by atoms with E-state index in [1.54, 1.807) is 0 Å². The van der Waals surface area contributed by atoms with Crippen molar-refractivity contribution in [2.75, 3.05) is 39.8 Å². The van der Waals surface area contributed by atoms with E-state index in [0.717, 1.165) is 38.4 Å². The average molecular weight is 484 g/mol. The number of nitrogens with zero attached hydrogens (tertiary/aromatic N) is 2. The summed E-state index contributed by atoms with van der Waals surface area (Å²) in [5, 5.41) is 5.95. The molecule has 0 unspecified atom stereocenters. The summed E-state index contributed by atoms with van der Waals surface area (Å²) in [5.74, 6) is 0.637. The smallest absolute Gasteiger partial charge is 0.407 e. The lowest BCUT2D eigenvalue weighted by Gasteiger charge is -2.33. The Balaban J connectivity index is 0.00000625. The topological polar surface area (TPSA) is 92.3 Å². The molecule has 1 rings (SSSR count). The van der Waals surface area contributed by atoms with Gasteiger partial charge in [0.2, 0.25) is 0 Å². The SMILES string of the molecule is CCNC(=NCCNC(=O)OC(C)(C)C)N1CCC(C(=O)OC)CC1.I. The summed E-state index contributed by atoms with van der Waals surface area (Å²) >= 11 is 0. The van der Waals surface area contributed by atoms with E-state index in [9.17, 15) is 9.59 Å². The fourth-order valence-corrected chi connectivity index (χ4v) is 2.55. The van der Waals surface area contributed by atoms with Gasteiger partial charge in [-0.05, 0) is 40.5 Å². The molecule has 0 radical (unpaired) electrons. The number of esters is 1. The molecule has 9 heteroatoms. The predicted octanol–water partition coefficient (Wildman–Crippen LogP) is 1.98. The molecule has 26 heavy (non-hydrogen) atoms. The first-order valence-corrected chi connectivity index (χ1v) is 8.84. The van der Waals surface area contributed by atoms with Crippen molar-refractivity contribution in [1.82, 2.24) is 15.5 Å². The van der Waals surface area contributed by atoms with Gasteiger partial charge in [0.1, 0.15) is 5.60 Å². The molecule has 1 aliphatic heterocycles. The zero-order valence-corrected chi connectivity index (χ0v) is 18.8. The number of nitrogens with one attached hydrogen (secondary N) is 2. The van der Waals surface area contributed by atoms with Gasteiger partial charge in [-0.2, -0.15) is 0 Å². The summed E-state index contributed by atoms with van der Waals surface area (Å²) in [6.07, 6.45) is 1.08. The van der Waals surface area contributed by atoms with Crippen LogP contribution < -0.4 is 10.6 Å². The summed E-state index contributed by atoms with van der Waals surface area (Å²) in [6.45, 7) is 10.6. The van der Waals surface area contributed by atoms with Crippen molar-refractivity contribution in [2.24, 2.45) is 10.9 Å². The fourth-order valence-electron chi connectivity index (χ4n) is 2.55. The monoisotopic (exact) mass is 484 g/mol. The molecule has 1 saturated heterocycles. The second-order valence-corrected chi connectivity index (χ2v) is 6.95. The van der Waals surface area contributed by atoms with Crippen LogP contribution in [0.3, 0.4) is 0 Å². The molecule has 0 saturated carbocycles. The van der Waals surface area contributed by atoms with Crippen molar-refractivity contribution >= 4 is 42.0 Å². The molecule has 2 N–H and O–H groups in total. The second kappa shape index (κ2) is 12.2. The van der Waals surface area contributed by atoms with Crippen molar-refractivity contribution in [3.63, 3.8) is 0 Å². The number of amides is 1. The number of methoxy groups -OCH3 is 1. The van der Waals surface area contributed by atoms with E-state index in [4.69, 9.17) is 9.47 Å². The number of likely N-dealkylation sites (tertiary alicyclic amines) is 1. The number of carbonyl (C=O) groups is 2. The molecule has 8 nitrogen and oxygen atoms in total. The van der Waals surface area contributed by atoms with Gasteiger partial charge in [-0.3, -0.25) is 9.79 Å². The van der Waals surface area contributed by atoms with Gasteiger partial charge in [0.05, 0.1) is 19.6 Å². The van der Waals surface area contributed by atoms with Crippen molar-refractivity contribution < 1.29 is 19.1 Å². The van der Waals surface area contributed by atoms with Crippen LogP contribution in [0.1, 0.15) is 40.5 Å². The minimum absolute atomic E-state index is 0. The zero-order valence-electron chi connectivity index (χ0n) is 16.5. The van der Waals surface area contributed by atoms with Crippen molar-refractivity contribution in [1.29, 1.82) is 0 Å². The highest BCUT2D eigenvalue weighted by Crippen LogP contribution is 2.18. The number of aliphatic imine (C=N–C) groups is 1. The van der Waals surface area contributed by atoms with Crippen LogP contribution in [-0.2, 0) is 14.3 Å². The fraction of sp³-hybridized carbons (Fsp3) is 0.824. The molecule has 1 amide bonds. The van der Waals surface area contributed by atoms with Gasteiger partial charge >= 0.3 is 12.1 Å². The lowest BCUT2D eigenvalue weighted by molar-refractivity contribution is -0.146.